The summed E-state index contributed by atoms with van der Waals surface area (Å²) in [5.74, 6) is 0. The SMILES string of the molecule is Clc1ccc2occ(CN3CCCC3)c2c1. The Morgan fingerprint density at radius 3 is 2.88 bits per heavy atom. The van der Waals surface area contributed by atoms with Gasteiger partial charge in [0.15, 0.2) is 0 Å². The summed E-state index contributed by atoms with van der Waals surface area (Å²) in [4.78, 5) is 2.46. The van der Waals surface area contributed by atoms with E-state index in [2.05, 4.69) is 4.90 Å². The maximum atomic E-state index is 6.01. The molecule has 1 fully saturated rings. The van der Waals surface area contributed by atoms with Crippen LogP contribution in [0.5, 0.6) is 0 Å². The molecule has 0 N–H and O–H groups in total. The van der Waals surface area contributed by atoms with Gasteiger partial charge in [0.2, 0.25) is 0 Å². The van der Waals surface area contributed by atoms with Crippen molar-refractivity contribution in [1.29, 1.82) is 0 Å². The lowest BCUT2D eigenvalue weighted by Crippen LogP contribution is -2.17. The van der Waals surface area contributed by atoms with Crippen LogP contribution in [0.4, 0.5) is 0 Å². The molecule has 0 spiro atoms. The normalized spacial score (nSPS) is 17.3. The Bertz CT molecular complexity index is 500. The molecule has 0 radical (unpaired) electrons. The van der Waals surface area contributed by atoms with E-state index in [1.54, 1.807) is 0 Å². The Labute approximate surface area is 99.8 Å². The van der Waals surface area contributed by atoms with Gasteiger partial charge in [-0.25, -0.2) is 0 Å². The smallest absolute Gasteiger partial charge is 0.134 e. The van der Waals surface area contributed by atoms with Crippen molar-refractivity contribution in [2.75, 3.05) is 13.1 Å². The molecule has 0 bridgehead atoms. The van der Waals surface area contributed by atoms with Crippen LogP contribution in [-0.2, 0) is 6.54 Å². The lowest BCUT2D eigenvalue weighted by molar-refractivity contribution is 0.331. The van der Waals surface area contributed by atoms with Crippen molar-refractivity contribution >= 4 is 22.6 Å². The number of rotatable bonds is 2. The molecule has 1 aliphatic heterocycles. The number of benzene rings is 1. The third-order valence-electron chi connectivity index (χ3n) is 3.21. The molecule has 2 nitrogen and oxygen atoms in total. The molecule has 0 atom stereocenters. The summed E-state index contributed by atoms with van der Waals surface area (Å²) < 4.78 is 5.53. The second kappa shape index (κ2) is 4.11. The molecule has 1 saturated heterocycles. The molecule has 0 unspecified atom stereocenters. The number of hydrogen-bond donors (Lipinski definition) is 0. The number of nitrogens with zero attached hydrogens (tertiary/aromatic N) is 1. The number of furan rings is 1. The average molecular weight is 236 g/mol. The van der Waals surface area contributed by atoms with Crippen LogP contribution in [-0.4, -0.2) is 18.0 Å². The minimum atomic E-state index is 0.775. The molecule has 1 aliphatic rings. The van der Waals surface area contributed by atoms with Crippen LogP contribution >= 0.6 is 11.6 Å². The predicted molar refractivity (Wildman–Crippen MR) is 65.7 cm³/mol. The van der Waals surface area contributed by atoms with Crippen LogP contribution < -0.4 is 0 Å². The van der Waals surface area contributed by atoms with Crippen LogP contribution in [0.25, 0.3) is 11.0 Å². The summed E-state index contributed by atoms with van der Waals surface area (Å²) in [5, 5.41) is 1.93. The van der Waals surface area contributed by atoms with Gasteiger partial charge in [-0.2, -0.15) is 0 Å². The molecule has 0 amide bonds. The first-order valence-corrected chi connectivity index (χ1v) is 6.09. The molecule has 2 heterocycles. The highest BCUT2D eigenvalue weighted by atomic mass is 35.5. The summed E-state index contributed by atoms with van der Waals surface area (Å²) >= 11 is 6.01. The van der Waals surface area contributed by atoms with Crippen LogP contribution in [0.15, 0.2) is 28.9 Å². The van der Waals surface area contributed by atoms with Gasteiger partial charge in [0.05, 0.1) is 6.26 Å². The van der Waals surface area contributed by atoms with E-state index in [9.17, 15) is 0 Å². The van der Waals surface area contributed by atoms with Gasteiger partial charge in [0, 0.05) is 22.5 Å². The van der Waals surface area contributed by atoms with Gasteiger partial charge < -0.3 is 4.42 Å². The Morgan fingerprint density at radius 1 is 1.25 bits per heavy atom. The van der Waals surface area contributed by atoms with Gasteiger partial charge >= 0.3 is 0 Å². The predicted octanol–water partition coefficient (Wildman–Crippen LogP) is 3.68. The van der Waals surface area contributed by atoms with Gasteiger partial charge in [-0.1, -0.05) is 11.6 Å². The standard InChI is InChI=1S/C13H14ClNO/c14-11-3-4-13-12(7-11)10(9-16-13)8-15-5-1-2-6-15/h3-4,7,9H,1-2,5-6,8H2. The van der Waals surface area contributed by atoms with Gasteiger partial charge in [0.25, 0.3) is 0 Å². The molecular weight excluding hydrogens is 222 g/mol. The molecule has 84 valence electrons. The third kappa shape index (κ3) is 1.83. The summed E-state index contributed by atoms with van der Waals surface area (Å²) in [6, 6.07) is 5.80. The van der Waals surface area contributed by atoms with E-state index < -0.39 is 0 Å². The first-order valence-electron chi connectivity index (χ1n) is 5.71. The van der Waals surface area contributed by atoms with Gasteiger partial charge in [-0.3, -0.25) is 4.90 Å². The quantitative estimate of drug-likeness (QED) is 0.790. The lowest BCUT2D eigenvalue weighted by atomic mass is 10.1. The zero-order chi connectivity index (χ0) is 11.0. The summed E-state index contributed by atoms with van der Waals surface area (Å²) in [6.45, 7) is 3.38. The second-order valence-corrected chi connectivity index (χ2v) is 4.82. The highest BCUT2D eigenvalue weighted by Crippen LogP contribution is 2.26. The van der Waals surface area contributed by atoms with Crippen LogP contribution in [0.1, 0.15) is 18.4 Å². The minimum Gasteiger partial charge on any atom is -0.464 e. The van der Waals surface area contributed by atoms with Crippen molar-refractivity contribution in [3.8, 4) is 0 Å². The number of fused-ring (bicyclic) bond motifs is 1. The van der Waals surface area contributed by atoms with Crippen molar-refractivity contribution in [2.24, 2.45) is 0 Å². The van der Waals surface area contributed by atoms with E-state index in [0.717, 1.165) is 22.5 Å². The first kappa shape index (κ1) is 10.2. The zero-order valence-electron chi connectivity index (χ0n) is 9.08. The Balaban J connectivity index is 1.93. The van der Waals surface area contributed by atoms with Gasteiger partial charge in [-0.15, -0.1) is 0 Å². The lowest BCUT2D eigenvalue weighted by Gasteiger charge is -2.12. The van der Waals surface area contributed by atoms with Crippen molar-refractivity contribution in [3.05, 3.63) is 35.0 Å². The van der Waals surface area contributed by atoms with E-state index in [1.165, 1.54) is 31.5 Å². The van der Waals surface area contributed by atoms with Crippen LogP contribution in [0, 0.1) is 0 Å². The number of hydrogen-bond acceptors (Lipinski definition) is 2. The summed E-state index contributed by atoms with van der Waals surface area (Å²) in [5.41, 5.74) is 2.18. The molecule has 2 aromatic rings. The van der Waals surface area contributed by atoms with Gasteiger partial charge in [-0.05, 0) is 44.1 Å². The van der Waals surface area contributed by atoms with Gasteiger partial charge in [0.1, 0.15) is 5.58 Å². The topological polar surface area (TPSA) is 16.4 Å². The second-order valence-electron chi connectivity index (χ2n) is 4.38. The molecule has 3 heteroatoms. The van der Waals surface area contributed by atoms with Crippen molar-refractivity contribution in [3.63, 3.8) is 0 Å². The molecule has 0 aliphatic carbocycles. The van der Waals surface area contributed by atoms with E-state index in [1.807, 2.05) is 24.5 Å². The van der Waals surface area contributed by atoms with Crippen molar-refractivity contribution in [2.45, 2.75) is 19.4 Å². The van der Waals surface area contributed by atoms with Crippen molar-refractivity contribution < 1.29 is 4.42 Å². The molecule has 3 rings (SSSR count). The van der Waals surface area contributed by atoms with Crippen molar-refractivity contribution in [1.82, 2.24) is 4.90 Å². The first-order chi connectivity index (χ1) is 7.83. The molecular formula is C13H14ClNO. The third-order valence-corrected chi connectivity index (χ3v) is 3.44. The molecule has 0 saturated carbocycles. The fraction of sp³-hybridized carbons (Fsp3) is 0.385. The fourth-order valence-electron chi connectivity index (χ4n) is 2.36. The number of halogens is 1. The average Bonchev–Trinajstić information content (AvgIpc) is 2.90. The molecule has 16 heavy (non-hydrogen) atoms. The van der Waals surface area contributed by atoms with E-state index >= 15 is 0 Å². The maximum Gasteiger partial charge on any atom is 0.134 e. The van der Waals surface area contributed by atoms with E-state index in [-0.39, 0.29) is 0 Å². The van der Waals surface area contributed by atoms with E-state index in [0.29, 0.717) is 0 Å². The monoisotopic (exact) mass is 235 g/mol. The summed E-state index contributed by atoms with van der Waals surface area (Å²) in [6.07, 6.45) is 4.49. The maximum absolute atomic E-state index is 6.01. The Kier molecular flexibility index (Phi) is 2.62. The Hall–Kier alpha value is -0.990. The minimum absolute atomic E-state index is 0.775. The van der Waals surface area contributed by atoms with Crippen LogP contribution in [0.2, 0.25) is 5.02 Å². The largest absolute Gasteiger partial charge is 0.464 e. The summed E-state index contributed by atoms with van der Waals surface area (Å²) in [7, 11) is 0. The highest BCUT2D eigenvalue weighted by molar-refractivity contribution is 6.31. The van der Waals surface area contributed by atoms with Crippen LogP contribution in [0.3, 0.4) is 0 Å². The molecule has 1 aromatic heterocycles. The highest BCUT2D eigenvalue weighted by Gasteiger charge is 2.14. The van der Waals surface area contributed by atoms with E-state index in [4.69, 9.17) is 16.0 Å². The zero-order valence-corrected chi connectivity index (χ0v) is 9.83. The molecule has 1 aromatic carbocycles. The fourth-order valence-corrected chi connectivity index (χ4v) is 2.53. The number of likely N-dealkylation sites (tertiary alicyclic amines) is 1. The Morgan fingerprint density at radius 2 is 2.06 bits per heavy atom.